The van der Waals surface area contributed by atoms with E-state index in [1.807, 2.05) is 0 Å². The summed E-state index contributed by atoms with van der Waals surface area (Å²) in [5.41, 5.74) is 0.683. The third-order valence-corrected chi connectivity index (χ3v) is 1.98. The molecule has 0 aliphatic carbocycles. The molecule has 0 unspecified atom stereocenters. The molecule has 0 spiro atoms. The molecule has 0 aliphatic heterocycles. The van der Waals surface area contributed by atoms with Crippen LogP contribution in [0.4, 0.5) is 0 Å². The highest BCUT2D eigenvalue weighted by atomic mass is 16.5. The highest BCUT2D eigenvalue weighted by molar-refractivity contribution is 5.95. The summed E-state index contributed by atoms with van der Waals surface area (Å²) in [6.07, 6.45) is 0. The van der Waals surface area contributed by atoms with Gasteiger partial charge in [0.1, 0.15) is 11.3 Å². The van der Waals surface area contributed by atoms with Crippen molar-refractivity contribution in [3.05, 3.63) is 27.7 Å². The average Bonchev–Trinajstić information content (AvgIpc) is 2.14. The lowest BCUT2D eigenvalue weighted by Gasteiger charge is -2.07. The Kier molecular flexibility index (Phi) is 2.57. The molecular formula is C8H10N2O4. The molecule has 0 aromatic carbocycles. The molecule has 76 valence electrons. The molecule has 0 radical (unpaired) electrons. The van der Waals surface area contributed by atoms with Gasteiger partial charge in [0.2, 0.25) is 0 Å². The minimum Gasteiger partial charge on any atom is -0.507 e. The zero-order valence-corrected chi connectivity index (χ0v) is 7.74. The van der Waals surface area contributed by atoms with Crippen molar-refractivity contribution in [2.24, 2.45) is 7.05 Å². The van der Waals surface area contributed by atoms with Crippen molar-refractivity contribution in [3.63, 3.8) is 0 Å². The van der Waals surface area contributed by atoms with E-state index in [1.54, 1.807) is 6.92 Å². The number of nitrogens with one attached hydrogen (secondary N) is 1. The highest BCUT2D eigenvalue weighted by Gasteiger charge is 2.17. The van der Waals surface area contributed by atoms with Gasteiger partial charge in [-0.1, -0.05) is 0 Å². The molecule has 1 heterocycles. The van der Waals surface area contributed by atoms with E-state index in [4.69, 9.17) is 5.21 Å². The number of rotatable bonds is 1. The first kappa shape index (κ1) is 10.3. The van der Waals surface area contributed by atoms with E-state index in [9.17, 15) is 14.7 Å². The Balaban J connectivity index is 3.52. The maximum Gasteiger partial charge on any atom is 0.284 e. The largest absolute Gasteiger partial charge is 0.507 e. The van der Waals surface area contributed by atoms with Crippen molar-refractivity contribution in [2.75, 3.05) is 0 Å². The van der Waals surface area contributed by atoms with Crippen LogP contribution in [0.25, 0.3) is 0 Å². The van der Waals surface area contributed by atoms with Crippen LogP contribution in [-0.4, -0.2) is 20.8 Å². The lowest BCUT2D eigenvalue weighted by Crippen LogP contribution is -2.31. The second kappa shape index (κ2) is 3.51. The minimum atomic E-state index is -1.02. The number of hydrogen-bond donors (Lipinski definition) is 3. The van der Waals surface area contributed by atoms with Gasteiger partial charge in [0.25, 0.3) is 11.5 Å². The molecular weight excluding hydrogens is 188 g/mol. The average molecular weight is 198 g/mol. The summed E-state index contributed by atoms with van der Waals surface area (Å²) in [6.45, 7) is 1.61. The van der Waals surface area contributed by atoms with Crippen LogP contribution >= 0.6 is 0 Å². The van der Waals surface area contributed by atoms with Crippen molar-refractivity contribution >= 4 is 5.91 Å². The van der Waals surface area contributed by atoms with E-state index < -0.39 is 22.8 Å². The van der Waals surface area contributed by atoms with E-state index in [2.05, 4.69) is 0 Å². The number of hydrogen-bond acceptors (Lipinski definition) is 4. The molecule has 0 saturated heterocycles. The van der Waals surface area contributed by atoms with Crippen LogP contribution in [0, 0.1) is 6.92 Å². The van der Waals surface area contributed by atoms with Gasteiger partial charge in [-0.2, -0.15) is 0 Å². The van der Waals surface area contributed by atoms with Gasteiger partial charge in [0.05, 0.1) is 0 Å². The summed E-state index contributed by atoms with van der Waals surface area (Å²) >= 11 is 0. The third-order valence-electron chi connectivity index (χ3n) is 1.98. The van der Waals surface area contributed by atoms with Gasteiger partial charge in [0.15, 0.2) is 0 Å². The molecule has 14 heavy (non-hydrogen) atoms. The van der Waals surface area contributed by atoms with Crippen LogP contribution in [0.1, 0.15) is 16.1 Å². The summed E-state index contributed by atoms with van der Waals surface area (Å²) in [5, 5.41) is 17.7. The zero-order valence-electron chi connectivity index (χ0n) is 7.74. The number of hydroxylamine groups is 1. The second-order valence-electron chi connectivity index (χ2n) is 2.85. The van der Waals surface area contributed by atoms with Crippen LogP contribution in [0.3, 0.4) is 0 Å². The summed E-state index contributed by atoms with van der Waals surface area (Å²) in [6, 6.07) is 1.27. The molecule has 1 aromatic heterocycles. The van der Waals surface area contributed by atoms with Gasteiger partial charge in [-0.3, -0.25) is 14.8 Å². The molecule has 6 heteroatoms. The van der Waals surface area contributed by atoms with E-state index in [1.165, 1.54) is 23.2 Å². The van der Waals surface area contributed by atoms with Crippen LogP contribution < -0.4 is 11.0 Å². The van der Waals surface area contributed by atoms with E-state index in [0.717, 1.165) is 0 Å². The second-order valence-corrected chi connectivity index (χ2v) is 2.85. The lowest BCUT2D eigenvalue weighted by atomic mass is 10.2. The molecule has 0 atom stereocenters. The summed E-state index contributed by atoms with van der Waals surface area (Å²) in [7, 11) is 1.46. The smallest absolute Gasteiger partial charge is 0.284 e. The molecule has 1 rings (SSSR count). The maximum absolute atomic E-state index is 11.4. The number of nitrogens with zero attached hydrogens (tertiary/aromatic N) is 1. The van der Waals surface area contributed by atoms with Gasteiger partial charge in [-0.15, -0.1) is 0 Å². The predicted molar refractivity (Wildman–Crippen MR) is 47.3 cm³/mol. The van der Waals surface area contributed by atoms with E-state index in [-0.39, 0.29) is 0 Å². The number of aryl methyl sites for hydroxylation is 1. The van der Waals surface area contributed by atoms with Crippen molar-refractivity contribution in [3.8, 4) is 5.75 Å². The fraction of sp³-hybridized carbons (Fsp3) is 0.250. The number of carbonyl (C=O) groups is 1. The molecule has 1 aromatic rings. The van der Waals surface area contributed by atoms with Gasteiger partial charge in [-0.25, -0.2) is 5.48 Å². The number of amides is 1. The van der Waals surface area contributed by atoms with E-state index >= 15 is 0 Å². The Labute approximate surface area is 79.4 Å². The topological polar surface area (TPSA) is 91.6 Å². The Morgan fingerprint density at radius 1 is 1.57 bits per heavy atom. The van der Waals surface area contributed by atoms with Crippen molar-refractivity contribution < 1.29 is 15.1 Å². The first-order chi connectivity index (χ1) is 6.49. The molecule has 3 N–H and O–H groups in total. The van der Waals surface area contributed by atoms with Crippen molar-refractivity contribution in [1.82, 2.24) is 10.0 Å². The number of aromatic nitrogens is 1. The lowest BCUT2D eigenvalue weighted by molar-refractivity contribution is 0.0701. The number of pyridine rings is 1. The predicted octanol–water partition coefficient (Wildman–Crippen LogP) is -0.482. The standard InChI is InChI=1S/C8H10N2O4/c1-4-3-5(11)6(7(12)9-14)8(13)10(4)2/h3,11,14H,1-2H3,(H,9,12). The Bertz CT molecular complexity index is 436. The monoisotopic (exact) mass is 198 g/mol. The Morgan fingerprint density at radius 3 is 2.64 bits per heavy atom. The van der Waals surface area contributed by atoms with Gasteiger partial charge in [-0.05, 0) is 6.92 Å². The summed E-state index contributed by atoms with van der Waals surface area (Å²) in [4.78, 5) is 22.4. The van der Waals surface area contributed by atoms with Crippen molar-refractivity contribution in [1.29, 1.82) is 0 Å². The van der Waals surface area contributed by atoms with Crippen LogP contribution in [-0.2, 0) is 7.05 Å². The molecule has 0 saturated carbocycles. The van der Waals surface area contributed by atoms with Crippen LogP contribution in [0.15, 0.2) is 10.9 Å². The Morgan fingerprint density at radius 2 is 2.14 bits per heavy atom. The molecule has 0 bridgehead atoms. The fourth-order valence-corrected chi connectivity index (χ4v) is 1.07. The van der Waals surface area contributed by atoms with Gasteiger partial charge < -0.3 is 9.67 Å². The fourth-order valence-electron chi connectivity index (χ4n) is 1.07. The molecule has 6 nitrogen and oxygen atoms in total. The number of carbonyl (C=O) groups excluding carboxylic acids is 1. The van der Waals surface area contributed by atoms with Crippen molar-refractivity contribution in [2.45, 2.75) is 6.92 Å². The van der Waals surface area contributed by atoms with Gasteiger partial charge in [0, 0.05) is 18.8 Å². The van der Waals surface area contributed by atoms with Crippen LogP contribution in [0.5, 0.6) is 5.75 Å². The summed E-state index contributed by atoms with van der Waals surface area (Å²) in [5.74, 6) is -1.47. The summed E-state index contributed by atoms with van der Waals surface area (Å²) < 4.78 is 1.20. The van der Waals surface area contributed by atoms with Crippen LogP contribution in [0.2, 0.25) is 0 Å². The third kappa shape index (κ3) is 1.47. The first-order valence-corrected chi connectivity index (χ1v) is 3.83. The zero-order chi connectivity index (χ0) is 10.9. The Hall–Kier alpha value is -1.82. The maximum atomic E-state index is 11.4. The minimum absolute atomic E-state index is 0.447. The molecule has 1 amide bonds. The molecule has 0 fully saturated rings. The van der Waals surface area contributed by atoms with Gasteiger partial charge >= 0.3 is 0 Å². The normalized spacial score (nSPS) is 9.93. The molecule has 0 aliphatic rings. The van der Waals surface area contributed by atoms with E-state index in [0.29, 0.717) is 5.69 Å². The quantitative estimate of drug-likeness (QED) is 0.419. The highest BCUT2D eigenvalue weighted by Crippen LogP contribution is 2.13. The SMILES string of the molecule is Cc1cc(O)c(C(=O)NO)c(=O)n1C. The number of aromatic hydroxyl groups is 1. The first-order valence-electron chi connectivity index (χ1n) is 3.83.